The normalized spacial score (nSPS) is 13.0. The van der Waals surface area contributed by atoms with Gasteiger partial charge in [0.1, 0.15) is 17.1 Å². The second-order valence-corrected chi connectivity index (χ2v) is 8.20. The number of nitrogens with two attached hydrogens (primary N) is 1. The summed E-state index contributed by atoms with van der Waals surface area (Å²) in [4.78, 5) is 11.7. The molecule has 3 aromatic rings. The van der Waals surface area contributed by atoms with Gasteiger partial charge < -0.3 is 20.3 Å². The molecule has 172 valence electrons. The Morgan fingerprint density at radius 1 is 1.25 bits per heavy atom. The molecule has 0 saturated heterocycles. The second kappa shape index (κ2) is 9.52. The van der Waals surface area contributed by atoms with E-state index in [1.165, 1.54) is 38.5 Å². The van der Waals surface area contributed by atoms with Crippen molar-refractivity contribution in [2.24, 2.45) is 5.73 Å². The van der Waals surface area contributed by atoms with Crippen molar-refractivity contribution in [3.8, 4) is 22.6 Å². The number of pyridine rings is 1. The molecule has 0 atom stereocenters. The minimum Gasteiger partial charge on any atom is -0.496 e. The molecule has 0 unspecified atom stereocenters. The fourth-order valence-corrected chi connectivity index (χ4v) is 3.04. The van der Waals surface area contributed by atoms with E-state index in [9.17, 15) is 18.7 Å². The Kier molecular flexibility index (Phi) is 6.98. The number of primary amides is 1. The Bertz CT molecular complexity index is 1110. The number of ether oxygens (including phenoxy) is 2. The summed E-state index contributed by atoms with van der Waals surface area (Å²) in [5, 5.41) is 13.9. The Hall–Kier alpha value is -3.20. The van der Waals surface area contributed by atoms with E-state index in [0.29, 0.717) is 16.6 Å². The van der Waals surface area contributed by atoms with E-state index in [-0.39, 0.29) is 23.7 Å². The van der Waals surface area contributed by atoms with E-state index in [1.54, 1.807) is 16.9 Å². The Balaban J connectivity index is 0.000000887. The van der Waals surface area contributed by atoms with E-state index >= 15 is 0 Å². The molecule has 1 amide bonds. The highest BCUT2D eigenvalue weighted by Crippen LogP contribution is 2.37. The molecular formula is C23H27F2N3O4. The highest BCUT2D eigenvalue weighted by molar-refractivity contribution is 6.00. The number of aliphatic hydroxyl groups excluding tert-OH is 1. The third-order valence-corrected chi connectivity index (χ3v) is 5.11. The third kappa shape index (κ3) is 5.16. The van der Waals surface area contributed by atoms with Crippen molar-refractivity contribution >= 4 is 11.4 Å². The Labute approximate surface area is 184 Å². The van der Waals surface area contributed by atoms with E-state index in [0.717, 1.165) is 5.56 Å². The van der Waals surface area contributed by atoms with E-state index in [2.05, 4.69) is 9.84 Å². The molecule has 2 heterocycles. The zero-order valence-electron chi connectivity index (χ0n) is 18.3. The van der Waals surface area contributed by atoms with Gasteiger partial charge in [0.2, 0.25) is 0 Å². The van der Waals surface area contributed by atoms with Crippen LogP contribution in [0.3, 0.4) is 0 Å². The maximum Gasteiger partial charge on any atom is 0.387 e. The minimum atomic E-state index is -3.14. The summed E-state index contributed by atoms with van der Waals surface area (Å²) < 4.78 is 37.0. The number of fused-ring (bicyclic) bond motifs is 1. The predicted octanol–water partition coefficient (Wildman–Crippen LogP) is 4.15. The van der Waals surface area contributed by atoms with Crippen molar-refractivity contribution in [2.75, 3.05) is 13.7 Å². The van der Waals surface area contributed by atoms with Gasteiger partial charge in [-0.3, -0.25) is 4.79 Å². The highest BCUT2D eigenvalue weighted by atomic mass is 19.3. The van der Waals surface area contributed by atoms with Crippen molar-refractivity contribution in [3.63, 3.8) is 0 Å². The van der Waals surface area contributed by atoms with Gasteiger partial charge in [-0.25, -0.2) is 4.52 Å². The van der Waals surface area contributed by atoms with Crippen molar-refractivity contribution in [2.45, 2.75) is 45.1 Å². The molecule has 1 aromatic carbocycles. The van der Waals surface area contributed by atoms with Gasteiger partial charge in [0.05, 0.1) is 25.4 Å². The fourth-order valence-electron chi connectivity index (χ4n) is 3.04. The lowest BCUT2D eigenvalue weighted by molar-refractivity contribution is -0.0502. The number of benzene rings is 1. The fraction of sp³-hybridized carbons (Fsp3) is 0.391. The lowest BCUT2D eigenvalue weighted by Gasteiger charge is -2.22. The predicted molar refractivity (Wildman–Crippen MR) is 116 cm³/mol. The summed E-state index contributed by atoms with van der Waals surface area (Å²) in [6.45, 7) is 0.632. The minimum absolute atomic E-state index is 0.0167. The number of carbonyl (C=O) groups is 1. The van der Waals surface area contributed by atoms with Crippen LogP contribution in [0.25, 0.3) is 16.6 Å². The number of methoxy groups -OCH3 is 1. The van der Waals surface area contributed by atoms with Crippen LogP contribution in [0.15, 0.2) is 36.7 Å². The van der Waals surface area contributed by atoms with Crippen LogP contribution in [0.2, 0.25) is 0 Å². The molecule has 7 nitrogen and oxygen atoms in total. The van der Waals surface area contributed by atoms with Crippen LogP contribution in [0.4, 0.5) is 8.78 Å². The van der Waals surface area contributed by atoms with E-state index in [4.69, 9.17) is 10.5 Å². The number of hydrogen-bond donors (Lipinski definition) is 2. The maximum absolute atomic E-state index is 12.9. The van der Waals surface area contributed by atoms with Gasteiger partial charge in [-0.2, -0.15) is 13.9 Å². The van der Waals surface area contributed by atoms with Crippen LogP contribution in [0.5, 0.6) is 11.5 Å². The maximum atomic E-state index is 12.9. The van der Waals surface area contributed by atoms with Crippen LogP contribution in [0.1, 0.15) is 49.0 Å². The van der Waals surface area contributed by atoms with Crippen LogP contribution >= 0.6 is 0 Å². The topological polar surface area (TPSA) is 99.1 Å². The van der Waals surface area contributed by atoms with Crippen LogP contribution in [0, 0.1) is 0 Å². The van der Waals surface area contributed by atoms with Crippen molar-refractivity contribution in [1.29, 1.82) is 0 Å². The second-order valence-electron chi connectivity index (χ2n) is 8.20. The number of halogens is 2. The number of nitrogens with zero attached hydrogens (tertiary/aromatic N) is 2. The average molecular weight is 447 g/mol. The summed E-state index contributed by atoms with van der Waals surface area (Å²) in [7, 11) is 1.30. The summed E-state index contributed by atoms with van der Waals surface area (Å²) in [6, 6.07) is 6.50. The van der Waals surface area contributed by atoms with Gasteiger partial charge in [0.25, 0.3) is 5.91 Å². The highest BCUT2D eigenvalue weighted by Gasteiger charge is 2.23. The molecule has 2 aromatic heterocycles. The molecular weight excluding hydrogens is 420 g/mol. The molecule has 9 heteroatoms. The van der Waals surface area contributed by atoms with Crippen LogP contribution in [-0.2, 0) is 5.41 Å². The molecule has 0 aliphatic heterocycles. The van der Waals surface area contributed by atoms with Gasteiger partial charge in [-0.15, -0.1) is 0 Å². The van der Waals surface area contributed by atoms with Gasteiger partial charge in [-0.1, -0.05) is 39.2 Å². The summed E-state index contributed by atoms with van der Waals surface area (Å²) in [5.74, 6) is -1.30. The number of alkyl halides is 2. The van der Waals surface area contributed by atoms with Crippen molar-refractivity contribution in [1.82, 2.24) is 9.61 Å². The molecule has 1 aliphatic carbocycles. The number of hydrogen-bond acceptors (Lipinski definition) is 5. The molecule has 0 bridgehead atoms. The number of rotatable bonds is 7. The standard InChI is InChI=1S/C20H21F2N3O4.C3H6/c1-20(2,10-26)12-4-5-14-13(8-24-25(14)9-12)11-6-15(28-3)17(18(23)27)16(7-11)29-19(21)22;1-2-3-1/h4-9,19,26H,10H2,1-3H3,(H2,23,27);1-3H2. The summed E-state index contributed by atoms with van der Waals surface area (Å²) >= 11 is 0. The zero-order chi connectivity index (χ0) is 23.5. The molecule has 1 aliphatic rings. The first-order valence-electron chi connectivity index (χ1n) is 10.2. The molecule has 0 spiro atoms. The van der Waals surface area contributed by atoms with Gasteiger partial charge in [0.15, 0.2) is 0 Å². The first-order valence-corrected chi connectivity index (χ1v) is 10.2. The summed E-state index contributed by atoms with van der Waals surface area (Å²) in [6.07, 6.45) is 7.86. The lowest BCUT2D eigenvalue weighted by atomic mass is 9.87. The molecule has 1 fully saturated rings. The number of aliphatic hydroxyl groups is 1. The molecule has 1 saturated carbocycles. The average Bonchev–Trinajstić information content (AvgIpc) is 3.57. The monoisotopic (exact) mass is 447 g/mol. The van der Waals surface area contributed by atoms with Gasteiger partial charge in [-0.05, 0) is 29.3 Å². The van der Waals surface area contributed by atoms with Crippen molar-refractivity contribution in [3.05, 3.63) is 47.8 Å². The van der Waals surface area contributed by atoms with Gasteiger partial charge in [0, 0.05) is 17.2 Å². The molecule has 32 heavy (non-hydrogen) atoms. The van der Waals surface area contributed by atoms with Gasteiger partial charge >= 0.3 is 6.61 Å². The largest absolute Gasteiger partial charge is 0.496 e. The lowest BCUT2D eigenvalue weighted by Crippen LogP contribution is -2.22. The smallest absolute Gasteiger partial charge is 0.387 e. The Morgan fingerprint density at radius 2 is 1.91 bits per heavy atom. The number of aromatic nitrogens is 2. The molecule has 4 rings (SSSR count). The van der Waals surface area contributed by atoms with E-state index in [1.807, 2.05) is 26.0 Å². The third-order valence-electron chi connectivity index (χ3n) is 5.11. The van der Waals surface area contributed by atoms with E-state index < -0.39 is 17.9 Å². The van der Waals surface area contributed by atoms with Crippen molar-refractivity contribution < 1.29 is 28.2 Å². The number of amides is 1. The first-order chi connectivity index (χ1) is 15.2. The first kappa shape index (κ1) is 23.5. The molecule has 0 radical (unpaired) electrons. The summed E-state index contributed by atoms with van der Waals surface area (Å²) in [5.41, 5.74) is 7.25. The quantitative estimate of drug-likeness (QED) is 0.567. The molecule has 3 N–H and O–H groups in total. The Morgan fingerprint density at radius 3 is 2.44 bits per heavy atom. The number of carbonyl (C=O) groups excluding carboxylic acids is 1. The van der Waals surface area contributed by atoms with Crippen LogP contribution < -0.4 is 15.2 Å². The SMILES string of the molecule is C1CC1.COc1cc(-c2cnn3cc(C(C)(C)CO)ccc23)cc(OC(F)F)c1C(N)=O. The van der Waals surface area contributed by atoms with Crippen LogP contribution in [-0.4, -0.2) is 41.0 Å². The zero-order valence-corrected chi connectivity index (χ0v) is 18.3.